The van der Waals surface area contributed by atoms with Gasteiger partial charge in [-0.2, -0.15) is 0 Å². The van der Waals surface area contributed by atoms with E-state index >= 15 is 0 Å². The van der Waals surface area contributed by atoms with Gasteiger partial charge in [0.2, 0.25) is 11.8 Å². The van der Waals surface area contributed by atoms with Crippen molar-refractivity contribution >= 4 is 23.6 Å². The third-order valence-corrected chi connectivity index (χ3v) is 5.77. The average Bonchev–Trinajstić information content (AvgIpc) is 2.96. The molecule has 0 aromatic heterocycles. The van der Waals surface area contributed by atoms with Crippen LogP contribution in [0.1, 0.15) is 10.9 Å². The van der Waals surface area contributed by atoms with E-state index in [4.69, 9.17) is 4.74 Å². The highest BCUT2D eigenvalue weighted by Gasteiger charge is 2.36. The van der Waals surface area contributed by atoms with E-state index in [9.17, 15) is 9.59 Å². The van der Waals surface area contributed by atoms with E-state index in [1.54, 1.807) is 23.8 Å². The minimum absolute atomic E-state index is 0.0124. The van der Waals surface area contributed by atoms with Crippen LogP contribution in [0.4, 0.5) is 0 Å². The van der Waals surface area contributed by atoms with Gasteiger partial charge in [-0.25, -0.2) is 0 Å². The Hall–Kier alpha value is -1.73. The third kappa shape index (κ3) is 3.52. The quantitative estimate of drug-likeness (QED) is 0.813. The number of ether oxygens (including phenoxy) is 1. The number of benzene rings is 1. The van der Waals surface area contributed by atoms with Gasteiger partial charge in [0.15, 0.2) is 0 Å². The van der Waals surface area contributed by atoms with E-state index in [0.717, 1.165) is 37.5 Å². The van der Waals surface area contributed by atoms with Crippen molar-refractivity contribution in [1.82, 2.24) is 14.7 Å². The van der Waals surface area contributed by atoms with Crippen molar-refractivity contribution in [2.75, 3.05) is 52.6 Å². The van der Waals surface area contributed by atoms with E-state index in [2.05, 4.69) is 11.9 Å². The Morgan fingerprint density at radius 3 is 2.67 bits per heavy atom. The maximum atomic E-state index is 12.6. The monoisotopic (exact) mass is 349 g/mol. The van der Waals surface area contributed by atoms with E-state index < -0.39 is 0 Å². The molecule has 0 radical (unpaired) electrons. The van der Waals surface area contributed by atoms with Gasteiger partial charge in [0.1, 0.15) is 17.7 Å². The summed E-state index contributed by atoms with van der Waals surface area (Å²) in [7, 11) is 3.68. The van der Waals surface area contributed by atoms with Crippen LogP contribution < -0.4 is 4.74 Å². The number of likely N-dealkylation sites (N-methyl/N-ethyl adjacent to an activating group) is 1. The molecule has 3 rings (SSSR count). The number of methoxy groups -OCH3 is 1. The molecule has 0 spiro atoms. The van der Waals surface area contributed by atoms with Gasteiger partial charge in [-0.05, 0) is 13.1 Å². The Morgan fingerprint density at radius 1 is 1.25 bits per heavy atom. The number of rotatable bonds is 4. The summed E-state index contributed by atoms with van der Waals surface area (Å²) in [4.78, 5) is 30.7. The summed E-state index contributed by atoms with van der Waals surface area (Å²) >= 11 is 1.55. The summed E-state index contributed by atoms with van der Waals surface area (Å²) in [5.74, 6) is 1.19. The van der Waals surface area contributed by atoms with Gasteiger partial charge in [-0.15, -0.1) is 11.8 Å². The molecule has 6 nitrogen and oxygen atoms in total. The van der Waals surface area contributed by atoms with Crippen molar-refractivity contribution in [3.05, 3.63) is 29.8 Å². The number of carbonyl (C=O) groups excluding carboxylic acids is 2. The van der Waals surface area contributed by atoms with E-state index in [-0.39, 0.29) is 23.7 Å². The number of thioether (sulfide) groups is 1. The summed E-state index contributed by atoms with van der Waals surface area (Å²) in [5.41, 5.74) is 0.946. The van der Waals surface area contributed by atoms with Crippen molar-refractivity contribution < 1.29 is 14.3 Å². The fourth-order valence-corrected chi connectivity index (χ4v) is 4.27. The van der Waals surface area contributed by atoms with E-state index in [0.29, 0.717) is 5.75 Å². The van der Waals surface area contributed by atoms with Crippen LogP contribution in [0.25, 0.3) is 0 Å². The van der Waals surface area contributed by atoms with Crippen LogP contribution in [0.15, 0.2) is 24.3 Å². The molecule has 130 valence electrons. The zero-order valence-corrected chi connectivity index (χ0v) is 14.9. The van der Waals surface area contributed by atoms with Gasteiger partial charge in [0, 0.05) is 31.7 Å². The molecule has 7 heteroatoms. The highest BCUT2D eigenvalue weighted by atomic mass is 32.2. The number of amides is 2. The SMILES string of the molecule is COc1ccccc1[C@H]1SCC(=O)N1CC(=O)N1CCN(C)CC1. The summed E-state index contributed by atoms with van der Waals surface area (Å²) < 4.78 is 5.42. The average molecular weight is 349 g/mol. The molecule has 2 aliphatic heterocycles. The summed E-state index contributed by atoms with van der Waals surface area (Å²) in [6.07, 6.45) is 0. The molecule has 1 aromatic carbocycles. The maximum Gasteiger partial charge on any atom is 0.242 e. The second-order valence-corrected chi connectivity index (χ2v) is 7.18. The smallest absolute Gasteiger partial charge is 0.242 e. The standard InChI is InChI=1S/C17H23N3O3S/c1-18-7-9-19(10-8-18)15(21)11-20-16(22)12-24-17(20)13-5-3-4-6-14(13)23-2/h3-6,17H,7-12H2,1-2H3/t17-/m1/s1. The number of hydrogen-bond acceptors (Lipinski definition) is 5. The Kier molecular flexibility index (Phi) is 5.30. The predicted octanol–water partition coefficient (Wildman–Crippen LogP) is 1.04. The first-order chi connectivity index (χ1) is 11.6. The molecule has 0 saturated carbocycles. The molecule has 0 unspecified atom stereocenters. The molecule has 2 amide bonds. The molecule has 0 aliphatic carbocycles. The lowest BCUT2D eigenvalue weighted by Gasteiger charge is -2.34. The highest BCUT2D eigenvalue weighted by Crippen LogP contribution is 2.42. The molecule has 0 bridgehead atoms. The van der Waals surface area contributed by atoms with Crippen molar-refractivity contribution in [2.24, 2.45) is 0 Å². The van der Waals surface area contributed by atoms with Gasteiger partial charge in [-0.3, -0.25) is 9.59 Å². The van der Waals surface area contributed by atoms with Gasteiger partial charge in [-0.1, -0.05) is 18.2 Å². The number of hydrogen-bond donors (Lipinski definition) is 0. The molecule has 1 aromatic rings. The Labute approximate surface area is 146 Å². The van der Waals surface area contributed by atoms with Gasteiger partial charge in [0.05, 0.1) is 12.9 Å². The molecule has 2 saturated heterocycles. The highest BCUT2D eigenvalue weighted by molar-refractivity contribution is 8.00. The van der Waals surface area contributed by atoms with Crippen molar-refractivity contribution in [1.29, 1.82) is 0 Å². The topological polar surface area (TPSA) is 53.1 Å². The Balaban J connectivity index is 1.73. The van der Waals surface area contributed by atoms with Crippen LogP contribution in [0, 0.1) is 0 Å². The normalized spacial score (nSPS) is 22.1. The minimum atomic E-state index is -0.162. The fourth-order valence-electron chi connectivity index (χ4n) is 3.05. The first-order valence-electron chi connectivity index (χ1n) is 8.10. The number of carbonyl (C=O) groups is 2. The Bertz CT molecular complexity index is 617. The number of nitrogens with zero attached hydrogens (tertiary/aromatic N) is 3. The molecule has 2 heterocycles. The maximum absolute atomic E-state index is 12.6. The molecule has 2 fully saturated rings. The lowest BCUT2D eigenvalue weighted by Crippen LogP contribution is -2.50. The molecule has 2 aliphatic rings. The second-order valence-electron chi connectivity index (χ2n) is 6.11. The lowest BCUT2D eigenvalue weighted by atomic mass is 10.1. The first-order valence-corrected chi connectivity index (χ1v) is 9.15. The lowest BCUT2D eigenvalue weighted by molar-refractivity contribution is -0.140. The van der Waals surface area contributed by atoms with Crippen molar-refractivity contribution in [2.45, 2.75) is 5.37 Å². The van der Waals surface area contributed by atoms with Gasteiger partial charge >= 0.3 is 0 Å². The molecule has 1 atom stereocenters. The first kappa shape index (κ1) is 17.1. The second kappa shape index (κ2) is 7.44. The molecule has 0 N–H and O–H groups in total. The van der Waals surface area contributed by atoms with Crippen LogP contribution in [0.3, 0.4) is 0 Å². The van der Waals surface area contributed by atoms with Gasteiger partial charge in [0.25, 0.3) is 0 Å². The number of para-hydroxylation sites is 1. The summed E-state index contributed by atoms with van der Waals surface area (Å²) in [6, 6.07) is 7.69. The zero-order chi connectivity index (χ0) is 17.1. The zero-order valence-electron chi connectivity index (χ0n) is 14.1. The third-order valence-electron chi connectivity index (χ3n) is 4.53. The predicted molar refractivity (Wildman–Crippen MR) is 94.0 cm³/mol. The van der Waals surface area contributed by atoms with Crippen LogP contribution in [0.2, 0.25) is 0 Å². The van der Waals surface area contributed by atoms with E-state index in [1.165, 1.54) is 0 Å². The Morgan fingerprint density at radius 2 is 1.96 bits per heavy atom. The molecule has 24 heavy (non-hydrogen) atoms. The van der Waals surface area contributed by atoms with Crippen LogP contribution >= 0.6 is 11.8 Å². The number of piperazine rings is 1. The van der Waals surface area contributed by atoms with Crippen molar-refractivity contribution in [3.8, 4) is 5.75 Å². The summed E-state index contributed by atoms with van der Waals surface area (Å²) in [6.45, 7) is 3.35. The van der Waals surface area contributed by atoms with Crippen LogP contribution in [-0.4, -0.2) is 79.1 Å². The minimum Gasteiger partial charge on any atom is -0.496 e. The molecular weight excluding hydrogens is 326 g/mol. The summed E-state index contributed by atoms with van der Waals surface area (Å²) in [5, 5.41) is -0.162. The van der Waals surface area contributed by atoms with Crippen molar-refractivity contribution in [3.63, 3.8) is 0 Å². The van der Waals surface area contributed by atoms with Gasteiger partial charge < -0.3 is 19.4 Å². The fraction of sp³-hybridized carbons (Fsp3) is 0.529. The van der Waals surface area contributed by atoms with E-state index in [1.807, 2.05) is 29.2 Å². The largest absolute Gasteiger partial charge is 0.496 e. The molecular formula is C17H23N3O3S. The van der Waals surface area contributed by atoms with Crippen LogP contribution in [0.5, 0.6) is 5.75 Å². The van der Waals surface area contributed by atoms with Crippen LogP contribution in [-0.2, 0) is 9.59 Å².